The maximum Gasteiger partial charge on any atom is 0.230 e. The molecular weight excluding hydrogens is 145 g/mol. The number of hydrogen-bond donors (Lipinski definition) is 0. The first-order chi connectivity index (χ1) is 4.72. The maximum absolute atomic E-state index is 12.3. The normalized spacial score (nSPS) is 9.50. The summed E-state index contributed by atoms with van der Waals surface area (Å²) in [4.78, 5) is 3.08. The van der Waals surface area contributed by atoms with Gasteiger partial charge in [-0.05, 0) is 17.5 Å². The lowest BCUT2D eigenvalue weighted by atomic mass is 10.4. The Morgan fingerprint density at radius 3 is 2.50 bits per heavy atom. The summed E-state index contributed by atoms with van der Waals surface area (Å²) < 4.78 is 35.4. The number of anilines is 1. The van der Waals surface area contributed by atoms with Gasteiger partial charge >= 0.3 is 0 Å². The van der Waals surface area contributed by atoms with Crippen molar-refractivity contribution < 1.29 is 13.4 Å². The van der Waals surface area contributed by atoms with Gasteiger partial charge in [0.25, 0.3) is 0 Å². The number of hydrogen-bond acceptors (Lipinski definition) is 2. The lowest BCUT2D eigenvalue weighted by Crippen LogP contribution is -2.00. The van der Waals surface area contributed by atoms with Crippen molar-refractivity contribution in [3.8, 4) is 0 Å². The van der Waals surface area contributed by atoms with Gasteiger partial charge in [0.05, 0.1) is 0 Å². The molecule has 0 spiro atoms. The number of rotatable bonds is 1. The zero-order valence-corrected chi connectivity index (χ0v) is 4.76. The van der Waals surface area contributed by atoms with Gasteiger partial charge in [-0.1, -0.05) is 8.96 Å². The third-order valence-corrected chi connectivity index (χ3v) is 0.899. The van der Waals surface area contributed by atoms with Crippen LogP contribution in [0.5, 0.6) is 0 Å². The van der Waals surface area contributed by atoms with E-state index in [2.05, 4.69) is 4.98 Å². The van der Waals surface area contributed by atoms with Crippen LogP contribution in [0.2, 0.25) is 0 Å². The molecule has 0 amide bonds. The van der Waals surface area contributed by atoms with Gasteiger partial charge in [0.2, 0.25) is 5.82 Å². The van der Waals surface area contributed by atoms with E-state index >= 15 is 0 Å². The molecule has 5 heteroatoms. The Bertz CT molecular complexity index is 226. The zero-order chi connectivity index (χ0) is 7.56. The largest absolute Gasteiger partial charge is 0.232 e. The van der Waals surface area contributed by atoms with Crippen LogP contribution in [0.3, 0.4) is 0 Å². The Balaban J connectivity index is 3.03. The summed E-state index contributed by atoms with van der Waals surface area (Å²) in [7, 11) is 0. The van der Waals surface area contributed by atoms with Crippen molar-refractivity contribution in [2.45, 2.75) is 0 Å². The van der Waals surface area contributed by atoms with E-state index in [0.717, 1.165) is 12.3 Å². The minimum absolute atomic E-state index is 0.911. The van der Waals surface area contributed by atoms with Gasteiger partial charge in [-0.15, -0.1) is 0 Å². The van der Waals surface area contributed by atoms with Gasteiger partial charge in [-0.25, -0.2) is 9.37 Å². The Morgan fingerprint density at radius 1 is 1.40 bits per heavy atom. The van der Waals surface area contributed by atoms with Crippen LogP contribution >= 0.6 is 0 Å². The van der Waals surface area contributed by atoms with Crippen LogP contribution in [0.15, 0.2) is 18.3 Å². The topological polar surface area (TPSA) is 16.1 Å². The molecule has 0 aliphatic heterocycles. The van der Waals surface area contributed by atoms with Gasteiger partial charge in [-0.3, -0.25) is 0 Å². The number of pyridine rings is 1. The summed E-state index contributed by atoms with van der Waals surface area (Å²) >= 11 is 0. The van der Waals surface area contributed by atoms with Crippen LogP contribution in [0.25, 0.3) is 0 Å². The van der Waals surface area contributed by atoms with Gasteiger partial charge in [0, 0.05) is 6.20 Å². The Morgan fingerprint density at radius 2 is 2.10 bits per heavy atom. The molecule has 0 aliphatic carbocycles. The molecule has 1 heterocycles. The fourth-order valence-electron chi connectivity index (χ4n) is 0.502. The van der Waals surface area contributed by atoms with E-state index in [-0.39, 0.29) is 0 Å². The van der Waals surface area contributed by atoms with E-state index in [1.807, 2.05) is 0 Å². The first-order valence-corrected chi connectivity index (χ1v) is 2.44. The third-order valence-electron chi connectivity index (χ3n) is 0.899. The van der Waals surface area contributed by atoms with Crippen LogP contribution in [-0.4, -0.2) is 4.98 Å². The summed E-state index contributed by atoms with van der Waals surface area (Å²) in [6, 6.07) is 2.15. The Kier molecular flexibility index (Phi) is 1.75. The van der Waals surface area contributed by atoms with Crippen LogP contribution in [0.4, 0.5) is 19.2 Å². The minimum Gasteiger partial charge on any atom is -0.232 e. The zero-order valence-electron chi connectivity index (χ0n) is 4.76. The molecular formula is C5H3F3N2. The third kappa shape index (κ3) is 1.18. The lowest BCUT2D eigenvalue weighted by molar-refractivity contribution is 0.226. The summed E-state index contributed by atoms with van der Waals surface area (Å²) in [6.45, 7) is 0. The minimum atomic E-state index is -1.37. The van der Waals surface area contributed by atoms with Crippen molar-refractivity contribution in [1.29, 1.82) is 0 Å². The number of aromatic nitrogens is 1. The molecule has 54 valence electrons. The van der Waals surface area contributed by atoms with E-state index in [1.165, 1.54) is 6.07 Å². The van der Waals surface area contributed by atoms with Crippen molar-refractivity contribution in [3.63, 3.8) is 0 Å². The van der Waals surface area contributed by atoms with Crippen LogP contribution < -0.4 is 5.34 Å². The first-order valence-electron chi connectivity index (χ1n) is 2.44. The highest BCUT2D eigenvalue weighted by Gasteiger charge is 2.09. The van der Waals surface area contributed by atoms with E-state index in [9.17, 15) is 13.4 Å². The summed E-state index contributed by atoms with van der Waals surface area (Å²) in [5.41, 5.74) is 0. The molecule has 1 aromatic heterocycles. The molecule has 0 N–H and O–H groups in total. The molecule has 1 rings (SSSR count). The first kappa shape index (κ1) is 6.85. The molecule has 1 aromatic rings. The van der Waals surface area contributed by atoms with Crippen LogP contribution in [-0.2, 0) is 0 Å². The highest BCUT2D eigenvalue weighted by atomic mass is 19.4. The van der Waals surface area contributed by atoms with Crippen LogP contribution in [0.1, 0.15) is 0 Å². The van der Waals surface area contributed by atoms with Gasteiger partial charge in [-0.2, -0.15) is 0 Å². The molecule has 10 heavy (non-hydrogen) atoms. The second-order valence-electron chi connectivity index (χ2n) is 1.54. The summed E-state index contributed by atoms with van der Waals surface area (Å²) in [5, 5.41) is -1.37. The fraction of sp³-hybridized carbons (Fsp3) is 0. The molecule has 0 atom stereocenters. The van der Waals surface area contributed by atoms with Crippen molar-refractivity contribution >= 4 is 5.82 Å². The SMILES string of the molecule is Fc1cccnc1N(F)F. The highest BCUT2D eigenvalue weighted by molar-refractivity contribution is 5.32. The van der Waals surface area contributed by atoms with E-state index < -0.39 is 17.0 Å². The molecule has 0 aromatic carbocycles. The van der Waals surface area contributed by atoms with E-state index in [0.29, 0.717) is 0 Å². The molecule has 0 bridgehead atoms. The molecule has 0 fully saturated rings. The van der Waals surface area contributed by atoms with Gasteiger partial charge in [0.15, 0.2) is 5.82 Å². The van der Waals surface area contributed by atoms with E-state index in [4.69, 9.17) is 0 Å². The predicted octanol–water partition coefficient (Wildman–Crippen LogP) is 1.80. The molecule has 0 unspecified atom stereocenters. The monoisotopic (exact) mass is 148 g/mol. The second-order valence-corrected chi connectivity index (χ2v) is 1.54. The quantitative estimate of drug-likeness (QED) is 0.564. The van der Waals surface area contributed by atoms with Crippen molar-refractivity contribution in [1.82, 2.24) is 4.98 Å². The average Bonchev–Trinajstić information content (AvgIpc) is 1.88. The standard InChI is InChI=1S/C5H3F3N2/c6-4-2-1-3-9-5(4)10(7)8/h1-3H. The number of halogens is 3. The molecule has 0 radical (unpaired) electrons. The highest BCUT2D eigenvalue weighted by Crippen LogP contribution is 2.14. The molecule has 2 nitrogen and oxygen atoms in total. The average molecular weight is 148 g/mol. The second kappa shape index (κ2) is 2.55. The lowest BCUT2D eigenvalue weighted by Gasteiger charge is -1.99. The summed E-state index contributed by atoms with van der Waals surface area (Å²) in [5.74, 6) is -1.99. The maximum atomic E-state index is 12.3. The summed E-state index contributed by atoms with van der Waals surface area (Å²) in [6.07, 6.45) is 1.09. The smallest absolute Gasteiger partial charge is 0.230 e. The molecule has 0 saturated heterocycles. The van der Waals surface area contributed by atoms with Crippen molar-refractivity contribution in [2.24, 2.45) is 0 Å². The van der Waals surface area contributed by atoms with Gasteiger partial charge in [0.1, 0.15) is 0 Å². The molecule has 0 saturated carbocycles. The van der Waals surface area contributed by atoms with Crippen LogP contribution in [0, 0.1) is 5.82 Å². The van der Waals surface area contributed by atoms with Gasteiger partial charge < -0.3 is 0 Å². The number of nitrogens with zero attached hydrogens (tertiary/aromatic N) is 2. The Labute approximate surface area is 54.8 Å². The van der Waals surface area contributed by atoms with E-state index in [1.54, 1.807) is 0 Å². The Hall–Kier alpha value is -1.26. The van der Waals surface area contributed by atoms with Crippen molar-refractivity contribution in [2.75, 3.05) is 5.34 Å². The predicted molar refractivity (Wildman–Crippen MR) is 28.9 cm³/mol. The van der Waals surface area contributed by atoms with Crippen molar-refractivity contribution in [3.05, 3.63) is 24.1 Å². The fourth-order valence-corrected chi connectivity index (χ4v) is 0.502. The molecule has 0 aliphatic rings.